The number of phosphoric acid groups is 3. The highest BCUT2D eigenvalue weighted by Crippen LogP contribution is 2.66. The van der Waals surface area contributed by atoms with E-state index in [1.807, 2.05) is 0 Å². The van der Waals surface area contributed by atoms with Crippen LogP contribution in [0.4, 0.5) is 0 Å². The second-order valence-corrected chi connectivity index (χ2v) is 11.0. The van der Waals surface area contributed by atoms with E-state index < -0.39 is 54.6 Å². The molecule has 1 aliphatic rings. The summed E-state index contributed by atoms with van der Waals surface area (Å²) in [6.07, 6.45) is -1.81. The van der Waals surface area contributed by atoms with Gasteiger partial charge in [0, 0.05) is 6.20 Å². The standard InChI is InChI=1S/C11H15N6O13P3/c18-7-5(3-27-32(23,24)30-33(25,26)29-31(20,21)22)28-11(8(7)19)16-4-13-6-9-12-1-2-17(9)15-14-10(6)16/h1-2,4-5,7-8,11,18-19H,3H2,(H,23,24)(H,25,26)(H2,20,21,22). The third kappa shape index (κ3) is 5.21. The molecule has 0 amide bonds. The first-order chi connectivity index (χ1) is 15.3. The molecule has 4 heterocycles. The first-order valence-electron chi connectivity index (χ1n) is 8.59. The van der Waals surface area contributed by atoms with Crippen molar-refractivity contribution in [3.8, 4) is 0 Å². The van der Waals surface area contributed by atoms with Gasteiger partial charge >= 0.3 is 23.5 Å². The van der Waals surface area contributed by atoms with Gasteiger partial charge in [-0.25, -0.2) is 28.2 Å². The lowest BCUT2D eigenvalue weighted by Crippen LogP contribution is -2.33. The Bertz CT molecular complexity index is 1320. The van der Waals surface area contributed by atoms with Crippen molar-refractivity contribution >= 4 is 40.3 Å². The van der Waals surface area contributed by atoms with E-state index in [-0.39, 0.29) is 5.65 Å². The predicted molar refractivity (Wildman–Crippen MR) is 99.8 cm³/mol. The van der Waals surface area contributed by atoms with Crippen molar-refractivity contribution in [2.45, 2.75) is 24.5 Å². The highest BCUT2D eigenvalue weighted by atomic mass is 31.3. The van der Waals surface area contributed by atoms with Gasteiger partial charge in [-0.2, -0.15) is 8.62 Å². The fourth-order valence-electron chi connectivity index (χ4n) is 2.99. The molecule has 1 aliphatic heterocycles. The van der Waals surface area contributed by atoms with Crippen LogP contribution in [0.2, 0.25) is 0 Å². The molecule has 22 heteroatoms. The lowest BCUT2D eigenvalue weighted by molar-refractivity contribution is -0.0503. The van der Waals surface area contributed by atoms with E-state index >= 15 is 0 Å². The van der Waals surface area contributed by atoms with Crippen LogP contribution in [-0.4, -0.2) is 84.1 Å². The van der Waals surface area contributed by atoms with E-state index in [9.17, 15) is 28.8 Å². The normalized spacial score (nSPS) is 27.7. The Balaban J connectivity index is 1.47. The SMILES string of the molecule is O=P(O)(O)OP(=O)(O)OP(=O)(O)OCC1OC(n2cnc3c2nnn2ccnc32)C(O)C1O. The molecular formula is C11H15N6O13P3. The molecule has 3 aromatic heterocycles. The quantitative estimate of drug-likeness (QED) is 0.179. The maximum Gasteiger partial charge on any atom is 0.490 e. The molecule has 0 aliphatic carbocycles. The number of fused-ring (bicyclic) bond motifs is 3. The van der Waals surface area contributed by atoms with Gasteiger partial charge in [-0.05, 0) is 0 Å². The van der Waals surface area contributed by atoms with Gasteiger partial charge < -0.3 is 34.5 Å². The maximum atomic E-state index is 11.8. The molecule has 0 bridgehead atoms. The third-order valence-corrected chi connectivity index (χ3v) is 8.07. The molecule has 0 spiro atoms. The highest BCUT2D eigenvalue weighted by molar-refractivity contribution is 7.66. The summed E-state index contributed by atoms with van der Waals surface area (Å²) in [7, 11) is -16.7. The van der Waals surface area contributed by atoms with Crippen molar-refractivity contribution in [3.05, 3.63) is 18.7 Å². The van der Waals surface area contributed by atoms with Crippen molar-refractivity contribution in [2.24, 2.45) is 0 Å². The van der Waals surface area contributed by atoms with Crippen LogP contribution in [0.15, 0.2) is 18.7 Å². The average molecular weight is 532 g/mol. The summed E-state index contributed by atoms with van der Waals surface area (Å²) in [5.41, 5.74) is 0.798. The lowest BCUT2D eigenvalue weighted by Gasteiger charge is -2.19. The Labute approximate surface area is 181 Å². The van der Waals surface area contributed by atoms with Gasteiger partial charge in [0.25, 0.3) is 0 Å². The minimum Gasteiger partial charge on any atom is -0.387 e. The van der Waals surface area contributed by atoms with Crippen molar-refractivity contribution in [1.82, 2.24) is 29.4 Å². The second-order valence-electron chi connectivity index (χ2n) is 6.54. The molecule has 3 aromatic rings. The summed E-state index contributed by atoms with van der Waals surface area (Å²) in [5.74, 6) is 0. The van der Waals surface area contributed by atoms with Gasteiger partial charge in [0.2, 0.25) is 0 Å². The minimum atomic E-state index is -5.71. The summed E-state index contributed by atoms with van der Waals surface area (Å²) in [6.45, 7) is -0.957. The largest absolute Gasteiger partial charge is 0.490 e. The molecule has 0 aromatic carbocycles. The van der Waals surface area contributed by atoms with Gasteiger partial charge in [0.05, 0.1) is 19.1 Å². The van der Waals surface area contributed by atoms with Crippen LogP contribution in [-0.2, 0) is 31.6 Å². The molecule has 1 saturated heterocycles. The van der Waals surface area contributed by atoms with Crippen molar-refractivity contribution in [1.29, 1.82) is 0 Å². The molecule has 182 valence electrons. The molecule has 0 radical (unpaired) electrons. The average Bonchev–Trinajstić information content (AvgIpc) is 3.35. The number of imidazole rings is 2. The number of rotatable bonds is 8. The van der Waals surface area contributed by atoms with Crippen molar-refractivity contribution in [2.75, 3.05) is 6.61 Å². The topological polar surface area (TPSA) is 270 Å². The monoisotopic (exact) mass is 532 g/mol. The van der Waals surface area contributed by atoms with Gasteiger partial charge in [-0.1, -0.05) is 5.21 Å². The molecule has 6 unspecified atom stereocenters. The van der Waals surface area contributed by atoms with Crippen LogP contribution in [0.25, 0.3) is 16.8 Å². The summed E-state index contributed by atoms with van der Waals surface area (Å²) in [6, 6.07) is 0. The van der Waals surface area contributed by atoms with Crippen LogP contribution in [0, 0.1) is 0 Å². The Hall–Kier alpha value is -1.69. The van der Waals surface area contributed by atoms with Crippen LogP contribution in [0.5, 0.6) is 0 Å². The minimum absolute atomic E-state index is 0.137. The summed E-state index contributed by atoms with van der Waals surface area (Å²) in [4.78, 5) is 43.9. The summed E-state index contributed by atoms with van der Waals surface area (Å²) in [5, 5.41) is 28.4. The van der Waals surface area contributed by atoms with Crippen LogP contribution in [0.1, 0.15) is 6.23 Å². The third-order valence-electron chi connectivity index (χ3n) is 4.27. The summed E-state index contributed by atoms with van der Waals surface area (Å²) < 4.78 is 53.5. The zero-order chi connectivity index (χ0) is 24.2. The molecule has 4 rings (SSSR count). The zero-order valence-electron chi connectivity index (χ0n) is 15.8. The molecule has 6 N–H and O–H groups in total. The number of phosphoric ester groups is 1. The Morgan fingerprint density at radius 3 is 2.42 bits per heavy atom. The summed E-state index contributed by atoms with van der Waals surface area (Å²) >= 11 is 0. The molecule has 19 nitrogen and oxygen atoms in total. The van der Waals surface area contributed by atoms with Gasteiger partial charge in [0.1, 0.15) is 18.3 Å². The Kier molecular flexibility index (Phi) is 6.30. The fourth-order valence-corrected chi connectivity index (χ4v) is 6.02. The van der Waals surface area contributed by atoms with Crippen LogP contribution < -0.4 is 0 Å². The Morgan fingerprint density at radius 2 is 1.73 bits per heavy atom. The van der Waals surface area contributed by atoms with E-state index in [2.05, 4.69) is 33.4 Å². The van der Waals surface area contributed by atoms with E-state index in [0.717, 1.165) is 0 Å². The van der Waals surface area contributed by atoms with Gasteiger partial charge in [0.15, 0.2) is 23.0 Å². The lowest BCUT2D eigenvalue weighted by atomic mass is 10.1. The molecule has 0 saturated carbocycles. The number of aromatic nitrogens is 6. The van der Waals surface area contributed by atoms with Crippen molar-refractivity contribution < 1.29 is 61.4 Å². The fraction of sp³-hybridized carbons (Fsp3) is 0.455. The first-order valence-corrected chi connectivity index (χ1v) is 13.1. The molecule has 6 atom stereocenters. The van der Waals surface area contributed by atoms with Crippen molar-refractivity contribution in [3.63, 3.8) is 0 Å². The maximum absolute atomic E-state index is 11.8. The Morgan fingerprint density at radius 1 is 1.00 bits per heavy atom. The predicted octanol–water partition coefficient (Wildman–Crippen LogP) is -1.56. The number of aliphatic hydroxyl groups excluding tert-OH is 2. The number of hydrogen-bond donors (Lipinski definition) is 6. The van der Waals surface area contributed by atoms with Crippen LogP contribution >= 0.6 is 23.5 Å². The number of aliphatic hydroxyl groups is 2. The molecular weight excluding hydrogens is 517 g/mol. The molecule has 1 fully saturated rings. The smallest absolute Gasteiger partial charge is 0.387 e. The number of hydrogen-bond acceptors (Lipinski definition) is 13. The van der Waals surface area contributed by atoms with E-state index in [1.54, 1.807) is 0 Å². The van der Waals surface area contributed by atoms with E-state index in [1.165, 1.54) is 27.8 Å². The van der Waals surface area contributed by atoms with Gasteiger partial charge in [-0.15, -0.1) is 5.10 Å². The number of ether oxygens (including phenoxy) is 1. The van der Waals surface area contributed by atoms with Gasteiger partial charge in [-0.3, -0.25) is 9.09 Å². The van der Waals surface area contributed by atoms with Crippen LogP contribution in [0.3, 0.4) is 0 Å². The number of nitrogens with zero attached hydrogens (tertiary/aromatic N) is 6. The van der Waals surface area contributed by atoms with E-state index in [0.29, 0.717) is 11.2 Å². The highest BCUT2D eigenvalue weighted by Gasteiger charge is 2.47. The second kappa shape index (κ2) is 8.51. The first kappa shape index (κ1) is 24.4. The molecule has 33 heavy (non-hydrogen) atoms. The van der Waals surface area contributed by atoms with E-state index in [4.69, 9.17) is 19.4 Å². The zero-order valence-corrected chi connectivity index (χ0v) is 18.5.